The molecule has 0 radical (unpaired) electrons. The molecule has 5 heteroatoms. The Labute approximate surface area is 217 Å². The number of hydrogen-bond donors (Lipinski definition) is 0. The first-order chi connectivity index (χ1) is 18.8. The molecule has 0 saturated carbocycles. The van der Waals surface area contributed by atoms with Crippen molar-refractivity contribution in [1.29, 1.82) is 0 Å². The van der Waals surface area contributed by atoms with Gasteiger partial charge in [0.2, 0.25) is 0 Å². The molecule has 3 heterocycles. The average Bonchev–Trinajstić information content (AvgIpc) is 3.56. The van der Waals surface area contributed by atoms with Crippen molar-refractivity contribution in [1.82, 2.24) is 15.0 Å². The van der Waals surface area contributed by atoms with E-state index in [0.717, 1.165) is 60.6 Å². The summed E-state index contributed by atoms with van der Waals surface area (Å²) in [5.74, 6) is 1.74. The summed E-state index contributed by atoms with van der Waals surface area (Å²) in [5, 5.41) is 4.11. The fourth-order valence-corrected chi connectivity index (χ4v) is 5.22. The van der Waals surface area contributed by atoms with Crippen molar-refractivity contribution in [3.8, 4) is 34.2 Å². The predicted octanol–water partition coefficient (Wildman–Crippen LogP) is 8.67. The first-order valence-corrected chi connectivity index (χ1v) is 12.5. The van der Waals surface area contributed by atoms with Crippen LogP contribution in [0, 0.1) is 0 Å². The van der Waals surface area contributed by atoms with E-state index < -0.39 is 0 Å². The van der Waals surface area contributed by atoms with Gasteiger partial charge in [-0.1, -0.05) is 91.0 Å². The molecule has 8 rings (SSSR count). The number of aromatic nitrogens is 3. The molecule has 5 nitrogen and oxygen atoms in total. The molecule has 8 aromatic rings. The van der Waals surface area contributed by atoms with E-state index in [9.17, 15) is 0 Å². The van der Waals surface area contributed by atoms with E-state index in [1.807, 2.05) is 97.1 Å². The van der Waals surface area contributed by atoms with E-state index in [-0.39, 0.29) is 0 Å². The minimum absolute atomic E-state index is 0.559. The van der Waals surface area contributed by atoms with Crippen LogP contribution in [0.15, 0.2) is 124 Å². The Morgan fingerprint density at radius 2 is 0.974 bits per heavy atom. The molecule has 0 aliphatic carbocycles. The minimum atomic E-state index is 0.559. The molecule has 0 aliphatic heterocycles. The van der Waals surface area contributed by atoms with E-state index in [1.54, 1.807) is 0 Å². The Balaban J connectivity index is 1.44. The maximum absolute atomic E-state index is 6.33. The van der Waals surface area contributed by atoms with Crippen LogP contribution in [0.1, 0.15) is 0 Å². The van der Waals surface area contributed by atoms with Gasteiger partial charge in [0.05, 0.1) is 5.56 Å². The van der Waals surface area contributed by atoms with Crippen LogP contribution in [0.3, 0.4) is 0 Å². The smallest absolute Gasteiger partial charge is 0.167 e. The number of para-hydroxylation sites is 3. The predicted molar refractivity (Wildman–Crippen MR) is 151 cm³/mol. The molecular weight excluding hydrogens is 470 g/mol. The highest BCUT2D eigenvalue weighted by Crippen LogP contribution is 2.38. The highest BCUT2D eigenvalue weighted by Gasteiger charge is 2.20. The number of furan rings is 2. The van der Waals surface area contributed by atoms with Gasteiger partial charge in [-0.15, -0.1) is 0 Å². The van der Waals surface area contributed by atoms with E-state index in [4.69, 9.17) is 23.8 Å². The number of nitrogens with zero attached hydrogens (tertiary/aromatic N) is 3. The Morgan fingerprint density at radius 1 is 0.395 bits per heavy atom. The molecule has 38 heavy (non-hydrogen) atoms. The van der Waals surface area contributed by atoms with Gasteiger partial charge in [-0.3, -0.25) is 0 Å². The van der Waals surface area contributed by atoms with Crippen molar-refractivity contribution >= 4 is 43.9 Å². The highest BCUT2D eigenvalue weighted by molar-refractivity contribution is 6.12. The van der Waals surface area contributed by atoms with Crippen LogP contribution in [0.25, 0.3) is 78.0 Å². The van der Waals surface area contributed by atoms with Crippen LogP contribution in [-0.2, 0) is 0 Å². The van der Waals surface area contributed by atoms with Gasteiger partial charge >= 0.3 is 0 Å². The molecule has 0 amide bonds. The van der Waals surface area contributed by atoms with Crippen molar-refractivity contribution in [3.05, 3.63) is 115 Å². The minimum Gasteiger partial charge on any atom is -0.456 e. The van der Waals surface area contributed by atoms with Crippen molar-refractivity contribution in [2.75, 3.05) is 0 Å². The van der Waals surface area contributed by atoms with Crippen molar-refractivity contribution in [2.45, 2.75) is 0 Å². The summed E-state index contributed by atoms with van der Waals surface area (Å²) < 4.78 is 12.5. The summed E-state index contributed by atoms with van der Waals surface area (Å²) >= 11 is 0. The molecule has 0 aliphatic rings. The second-order valence-electron chi connectivity index (χ2n) is 9.23. The zero-order valence-corrected chi connectivity index (χ0v) is 20.1. The normalized spacial score (nSPS) is 11.7. The van der Waals surface area contributed by atoms with Gasteiger partial charge < -0.3 is 8.83 Å². The number of benzene rings is 5. The van der Waals surface area contributed by atoms with E-state index in [1.165, 1.54) is 0 Å². The summed E-state index contributed by atoms with van der Waals surface area (Å²) in [6.45, 7) is 0. The molecule has 0 bridgehead atoms. The van der Waals surface area contributed by atoms with Crippen LogP contribution in [0.4, 0.5) is 0 Å². The number of rotatable bonds is 3. The fraction of sp³-hybridized carbons (Fsp3) is 0. The number of hydrogen-bond acceptors (Lipinski definition) is 5. The van der Waals surface area contributed by atoms with Gasteiger partial charge in [0.15, 0.2) is 17.5 Å². The van der Waals surface area contributed by atoms with Crippen molar-refractivity contribution < 1.29 is 8.83 Å². The lowest BCUT2D eigenvalue weighted by atomic mass is 10.0. The summed E-state index contributed by atoms with van der Waals surface area (Å²) in [5.41, 5.74) is 5.86. The van der Waals surface area contributed by atoms with Gasteiger partial charge in [-0.05, 0) is 24.3 Å². The summed E-state index contributed by atoms with van der Waals surface area (Å²) in [4.78, 5) is 14.9. The molecule has 0 N–H and O–H groups in total. The summed E-state index contributed by atoms with van der Waals surface area (Å²) in [6.07, 6.45) is 0. The van der Waals surface area contributed by atoms with E-state index >= 15 is 0 Å². The maximum Gasteiger partial charge on any atom is 0.167 e. The maximum atomic E-state index is 6.33. The fourth-order valence-electron chi connectivity index (χ4n) is 5.22. The van der Waals surface area contributed by atoms with Crippen molar-refractivity contribution in [2.24, 2.45) is 0 Å². The summed E-state index contributed by atoms with van der Waals surface area (Å²) in [7, 11) is 0. The van der Waals surface area contributed by atoms with Gasteiger partial charge in [0.25, 0.3) is 0 Å². The lowest BCUT2D eigenvalue weighted by Gasteiger charge is -2.09. The van der Waals surface area contributed by atoms with E-state index in [2.05, 4.69) is 18.2 Å². The second-order valence-corrected chi connectivity index (χ2v) is 9.23. The topological polar surface area (TPSA) is 65.0 Å². The Kier molecular flexibility index (Phi) is 4.45. The Morgan fingerprint density at radius 3 is 1.82 bits per heavy atom. The van der Waals surface area contributed by atoms with Crippen molar-refractivity contribution in [3.63, 3.8) is 0 Å². The molecule has 5 aromatic carbocycles. The molecule has 0 atom stereocenters. The monoisotopic (exact) mass is 489 g/mol. The highest BCUT2D eigenvalue weighted by atomic mass is 16.3. The third-order valence-corrected chi connectivity index (χ3v) is 6.96. The van der Waals surface area contributed by atoms with Crippen LogP contribution in [0.5, 0.6) is 0 Å². The lowest BCUT2D eigenvalue weighted by Crippen LogP contribution is -2.00. The van der Waals surface area contributed by atoms with Crippen LogP contribution >= 0.6 is 0 Å². The molecule has 178 valence electrons. The summed E-state index contributed by atoms with van der Waals surface area (Å²) in [6, 6.07) is 38.2. The van der Waals surface area contributed by atoms with Gasteiger partial charge in [0.1, 0.15) is 22.3 Å². The molecule has 0 unspecified atom stereocenters. The Hall–Kier alpha value is -5.29. The van der Waals surface area contributed by atoms with Crippen LogP contribution < -0.4 is 0 Å². The molecule has 0 fully saturated rings. The third-order valence-electron chi connectivity index (χ3n) is 6.96. The lowest BCUT2D eigenvalue weighted by molar-refractivity contribution is 0.668. The third kappa shape index (κ3) is 3.15. The largest absolute Gasteiger partial charge is 0.456 e. The zero-order chi connectivity index (χ0) is 25.1. The standard InChI is InChI=1S/C33H19N3O2/c1-2-10-20(11-3-1)31-34-32(24-15-9-19-28-29(24)23-13-5-7-18-27(23)37-28)36-33(35-31)25-16-8-14-22-21-12-4-6-17-26(21)38-30(22)25/h1-19H. The van der Waals surface area contributed by atoms with Crippen LogP contribution in [-0.4, -0.2) is 15.0 Å². The zero-order valence-electron chi connectivity index (χ0n) is 20.1. The SMILES string of the molecule is c1ccc(-c2nc(-c3cccc4c3oc3ccccc34)nc(-c3cccc4oc5ccccc5c34)n2)cc1. The molecular formula is C33H19N3O2. The van der Waals surface area contributed by atoms with Gasteiger partial charge in [0, 0.05) is 32.7 Å². The number of fused-ring (bicyclic) bond motifs is 6. The van der Waals surface area contributed by atoms with Gasteiger partial charge in [-0.25, -0.2) is 15.0 Å². The second kappa shape index (κ2) is 8.11. The first-order valence-electron chi connectivity index (χ1n) is 12.5. The first kappa shape index (κ1) is 20.9. The molecule has 0 spiro atoms. The Bertz CT molecular complexity index is 2140. The van der Waals surface area contributed by atoms with E-state index in [0.29, 0.717) is 17.5 Å². The van der Waals surface area contributed by atoms with Crippen LogP contribution in [0.2, 0.25) is 0 Å². The quantitative estimate of drug-likeness (QED) is 0.248. The molecule has 3 aromatic heterocycles. The molecule has 0 saturated heterocycles. The average molecular weight is 490 g/mol. The van der Waals surface area contributed by atoms with Gasteiger partial charge in [-0.2, -0.15) is 0 Å².